The number of aryl methyl sites for hydroxylation is 2. The average Bonchev–Trinajstić information content (AvgIpc) is 3.26. The van der Waals surface area contributed by atoms with Crippen molar-refractivity contribution in [1.29, 1.82) is 0 Å². The summed E-state index contributed by atoms with van der Waals surface area (Å²) in [5, 5.41) is 10.9. The number of fused-ring (bicyclic) bond motifs is 1. The van der Waals surface area contributed by atoms with Crippen molar-refractivity contribution in [1.82, 2.24) is 19.6 Å². The molecule has 31 heavy (non-hydrogen) atoms. The number of amides is 1. The van der Waals surface area contributed by atoms with Crippen molar-refractivity contribution in [2.75, 3.05) is 10.6 Å². The molecule has 0 N–H and O–H groups in total. The van der Waals surface area contributed by atoms with Gasteiger partial charge in [0.25, 0.3) is 5.91 Å². The summed E-state index contributed by atoms with van der Waals surface area (Å²) in [6.07, 6.45) is 2.69. The van der Waals surface area contributed by atoms with E-state index in [0.29, 0.717) is 17.1 Å². The Morgan fingerprint density at radius 2 is 1.74 bits per heavy atom. The fraction of sp³-hybridized carbons (Fsp3) is 0.227. The zero-order chi connectivity index (χ0) is 22.3. The number of carbonyl (C=O) groups is 1. The van der Waals surface area contributed by atoms with E-state index in [1.807, 2.05) is 48.5 Å². The molecule has 0 aliphatic rings. The quantitative estimate of drug-likeness (QED) is 0.479. The molecule has 0 aliphatic heterocycles. The summed E-state index contributed by atoms with van der Waals surface area (Å²) in [5.74, 6) is -0.603. The summed E-state index contributed by atoms with van der Waals surface area (Å²) in [4.78, 5) is 13.1. The molecule has 0 bridgehead atoms. The Hall–Kier alpha value is -3.46. The Morgan fingerprint density at radius 3 is 2.42 bits per heavy atom. The number of nitrogens with zero attached hydrogens (tertiary/aromatic N) is 5. The second-order valence-corrected chi connectivity index (χ2v) is 9.32. The molecule has 0 aliphatic carbocycles. The van der Waals surface area contributed by atoms with Gasteiger partial charge in [0.1, 0.15) is 12.2 Å². The number of anilines is 1. The van der Waals surface area contributed by atoms with Gasteiger partial charge in [-0.2, -0.15) is 10.2 Å². The molecule has 0 atom stereocenters. The van der Waals surface area contributed by atoms with Crippen molar-refractivity contribution in [3.05, 3.63) is 66.1 Å². The molecule has 8 nitrogen and oxygen atoms in total. The number of hydrogen-bond acceptors (Lipinski definition) is 5. The van der Waals surface area contributed by atoms with Crippen LogP contribution in [0.3, 0.4) is 0 Å². The molecule has 0 spiro atoms. The van der Waals surface area contributed by atoms with Crippen molar-refractivity contribution in [3.8, 4) is 11.3 Å². The summed E-state index contributed by atoms with van der Waals surface area (Å²) in [6.45, 7) is 3.19. The van der Waals surface area contributed by atoms with E-state index in [1.165, 1.54) is 4.68 Å². The van der Waals surface area contributed by atoms with Crippen LogP contribution in [-0.2, 0) is 28.4 Å². The van der Waals surface area contributed by atoms with Crippen molar-refractivity contribution < 1.29 is 13.2 Å². The Kier molecular flexibility index (Phi) is 5.14. The van der Waals surface area contributed by atoms with Crippen LogP contribution in [0.2, 0.25) is 0 Å². The van der Waals surface area contributed by atoms with Crippen LogP contribution in [0.15, 0.2) is 54.7 Å². The maximum absolute atomic E-state index is 13.1. The van der Waals surface area contributed by atoms with Gasteiger partial charge >= 0.3 is 0 Å². The van der Waals surface area contributed by atoms with Gasteiger partial charge in [-0.1, -0.05) is 42.5 Å². The minimum Gasteiger partial charge on any atom is -0.271 e. The molecule has 9 heteroatoms. The van der Waals surface area contributed by atoms with Gasteiger partial charge in [0.15, 0.2) is 0 Å². The largest absolute Gasteiger partial charge is 0.271 e. The maximum Gasteiger partial charge on any atom is 0.262 e. The van der Waals surface area contributed by atoms with E-state index in [0.717, 1.165) is 26.9 Å². The van der Waals surface area contributed by atoms with Gasteiger partial charge in [0.2, 0.25) is 10.0 Å². The van der Waals surface area contributed by atoms with Crippen LogP contribution >= 0.6 is 0 Å². The molecule has 0 radical (unpaired) electrons. The summed E-state index contributed by atoms with van der Waals surface area (Å²) in [6, 6.07) is 15.8. The van der Waals surface area contributed by atoms with Crippen LogP contribution in [-0.4, -0.2) is 40.1 Å². The van der Waals surface area contributed by atoms with E-state index < -0.39 is 15.9 Å². The van der Waals surface area contributed by atoms with Crippen LogP contribution < -0.4 is 4.31 Å². The molecule has 0 fully saturated rings. The van der Waals surface area contributed by atoms with Crippen LogP contribution in [0.5, 0.6) is 0 Å². The van der Waals surface area contributed by atoms with Gasteiger partial charge in [-0.15, -0.1) is 0 Å². The molecule has 4 rings (SSSR count). The fourth-order valence-electron chi connectivity index (χ4n) is 3.78. The van der Waals surface area contributed by atoms with E-state index in [4.69, 9.17) is 0 Å². The molecular formula is C22H23N5O3S. The Balaban J connectivity index is 1.68. The summed E-state index contributed by atoms with van der Waals surface area (Å²) >= 11 is 0. The van der Waals surface area contributed by atoms with Gasteiger partial charge in [-0.3, -0.25) is 14.2 Å². The molecule has 1 amide bonds. The van der Waals surface area contributed by atoms with Gasteiger partial charge in [-0.25, -0.2) is 12.7 Å². The smallest absolute Gasteiger partial charge is 0.262 e. The topological polar surface area (TPSA) is 90.1 Å². The van der Waals surface area contributed by atoms with Gasteiger partial charge in [0.05, 0.1) is 23.3 Å². The summed E-state index contributed by atoms with van der Waals surface area (Å²) in [5.41, 5.74) is 3.01. The molecule has 2 heterocycles. The fourth-order valence-corrected chi connectivity index (χ4v) is 4.80. The molecule has 0 saturated carbocycles. The lowest BCUT2D eigenvalue weighted by atomic mass is 10.0. The number of sulfonamides is 1. The van der Waals surface area contributed by atoms with Crippen molar-refractivity contribution in [2.45, 2.75) is 20.4 Å². The lowest BCUT2D eigenvalue weighted by molar-refractivity contribution is -0.118. The zero-order valence-electron chi connectivity index (χ0n) is 17.8. The standard InChI is InChI=1S/C22H23N5O3S/c1-15-22(16(2)25(3)23-15)27(31(4,29)30)21(28)14-26-13-12-20(24-26)19-11-7-9-17-8-5-6-10-18(17)19/h5-13H,14H2,1-4H3. The average molecular weight is 438 g/mol. The highest BCUT2D eigenvalue weighted by Crippen LogP contribution is 2.28. The first-order valence-corrected chi connectivity index (χ1v) is 11.6. The van der Waals surface area contributed by atoms with E-state index in [-0.39, 0.29) is 12.2 Å². The van der Waals surface area contributed by atoms with E-state index in [2.05, 4.69) is 10.2 Å². The third kappa shape index (κ3) is 3.84. The van der Waals surface area contributed by atoms with Gasteiger partial charge in [0, 0.05) is 18.8 Å². The molecule has 0 saturated heterocycles. The van der Waals surface area contributed by atoms with Crippen molar-refractivity contribution >= 4 is 32.4 Å². The van der Waals surface area contributed by atoms with E-state index in [1.54, 1.807) is 31.8 Å². The number of aromatic nitrogens is 4. The number of hydrogen-bond donors (Lipinski definition) is 0. The minimum atomic E-state index is -3.85. The molecule has 4 aromatic rings. The number of rotatable bonds is 5. The highest BCUT2D eigenvalue weighted by atomic mass is 32.2. The van der Waals surface area contributed by atoms with E-state index in [9.17, 15) is 13.2 Å². The third-order valence-electron chi connectivity index (χ3n) is 5.24. The molecule has 0 unspecified atom stereocenters. The van der Waals surface area contributed by atoms with E-state index >= 15 is 0 Å². The van der Waals surface area contributed by atoms with Crippen LogP contribution in [0.1, 0.15) is 11.4 Å². The maximum atomic E-state index is 13.1. The minimum absolute atomic E-state index is 0.217. The lowest BCUT2D eigenvalue weighted by Crippen LogP contribution is -2.39. The first-order valence-electron chi connectivity index (χ1n) is 9.71. The highest BCUT2D eigenvalue weighted by Gasteiger charge is 2.30. The third-order valence-corrected chi connectivity index (χ3v) is 6.29. The van der Waals surface area contributed by atoms with Crippen LogP contribution in [0.25, 0.3) is 22.0 Å². The van der Waals surface area contributed by atoms with Crippen LogP contribution in [0, 0.1) is 13.8 Å². The zero-order valence-corrected chi connectivity index (χ0v) is 18.6. The molecule has 160 valence electrons. The van der Waals surface area contributed by atoms with Gasteiger partial charge in [-0.05, 0) is 30.7 Å². The number of carbonyl (C=O) groups excluding carboxylic acids is 1. The Morgan fingerprint density at radius 1 is 1.03 bits per heavy atom. The normalized spacial score (nSPS) is 11.7. The molecule has 2 aromatic carbocycles. The van der Waals surface area contributed by atoms with Gasteiger partial charge < -0.3 is 0 Å². The first kappa shape index (κ1) is 20.8. The second-order valence-electron chi connectivity index (χ2n) is 7.49. The highest BCUT2D eigenvalue weighted by molar-refractivity contribution is 7.92. The second kappa shape index (κ2) is 7.66. The Labute approximate surface area is 180 Å². The SMILES string of the molecule is Cc1nn(C)c(C)c1N(C(=O)Cn1ccc(-c2cccc3ccccc23)n1)S(C)(=O)=O. The summed E-state index contributed by atoms with van der Waals surface area (Å²) < 4.78 is 28.8. The Bertz CT molecular complexity index is 1400. The monoisotopic (exact) mass is 437 g/mol. The predicted molar refractivity (Wildman–Crippen MR) is 120 cm³/mol. The summed E-state index contributed by atoms with van der Waals surface area (Å²) in [7, 11) is -2.14. The van der Waals surface area contributed by atoms with Crippen LogP contribution in [0.4, 0.5) is 5.69 Å². The predicted octanol–water partition coefficient (Wildman–Crippen LogP) is 3.05. The molecule has 2 aromatic heterocycles. The lowest BCUT2D eigenvalue weighted by Gasteiger charge is -2.20. The number of benzene rings is 2. The van der Waals surface area contributed by atoms with Crippen molar-refractivity contribution in [3.63, 3.8) is 0 Å². The molecular weight excluding hydrogens is 414 g/mol. The first-order chi connectivity index (χ1) is 14.7. The van der Waals surface area contributed by atoms with Crippen molar-refractivity contribution in [2.24, 2.45) is 7.05 Å².